The lowest BCUT2D eigenvalue weighted by Gasteiger charge is -2.35. The predicted octanol–water partition coefficient (Wildman–Crippen LogP) is 1.24. The SMILES string of the molecule is O=C1[C@H](N2CCC[C@@H](CCO)C2)CCN1CC(F)(F)F. The van der Waals surface area contributed by atoms with Gasteiger partial charge in [0.25, 0.3) is 0 Å². The number of alkyl halides is 3. The summed E-state index contributed by atoms with van der Waals surface area (Å²) in [5, 5.41) is 8.97. The highest BCUT2D eigenvalue weighted by molar-refractivity contribution is 5.84. The largest absolute Gasteiger partial charge is 0.406 e. The molecular formula is C13H21F3N2O2. The summed E-state index contributed by atoms with van der Waals surface area (Å²) in [6.07, 6.45) is -1.20. The van der Waals surface area contributed by atoms with Crippen LogP contribution in [0.25, 0.3) is 0 Å². The lowest BCUT2D eigenvalue weighted by atomic mass is 9.94. The number of aliphatic hydroxyl groups excluding tert-OH is 1. The van der Waals surface area contributed by atoms with Gasteiger partial charge in [0.15, 0.2) is 0 Å². The number of carbonyl (C=O) groups excluding carboxylic acids is 1. The van der Waals surface area contributed by atoms with Gasteiger partial charge in [-0.1, -0.05) is 0 Å². The number of hydrogen-bond donors (Lipinski definition) is 1. The van der Waals surface area contributed by atoms with E-state index >= 15 is 0 Å². The third-order valence-corrected chi connectivity index (χ3v) is 4.17. The fourth-order valence-corrected chi connectivity index (χ4v) is 3.23. The number of hydrogen-bond acceptors (Lipinski definition) is 3. The van der Waals surface area contributed by atoms with Crippen LogP contribution in [0, 0.1) is 5.92 Å². The summed E-state index contributed by atoms with van der Waals surface area (Å²) in [4.78, 5) is 15.0. The van der Waals surface area contributed by atoms with E-state index in [9.17, 15) is 18.0 Å². The normalized spacial score (nSPS) is 29.2. The molecule has 0 unspecified atom stereocenters. The average molecular weight is 294 g/mol. The number of aliphatic hydroxyl groups is 1. The number of halogens is 3. The summed E-state index contributed by atoms with van der Waals surface area (Å²) >= 11 is 0. The Morgan fingerprint density at radius 2 is 2.00 bits per heavy atom. The van der Waals surface area contributed by atoms with Gasteiger partial charge in [-0.2, -0.15) is 13.2 Å². The zero-order valence-electron chi connectivity index (χ0n) is 11.4. The van der Waals surface area contributed by atoms with E-state index in [4.69, 9.17) is 5.11 Å². The van der Waals surface area contributed by atoms with Gasteiger partial charge in [0.05, 0.1) is 6.04 Å². The van der Waals surface area contributed by atoms with Crippen LogP contribution in [0.3, 0.4) is 0 Å². The van der Waals surface area contributed by atoms with Crippen LogP contribution in [0.15, 0.2) is 0 Å². The van der Waals surface area contributed by atoms with Gasteiger partial charge in [0.1, 0.15) is 6.54 Å². The fourth-order valence-electron chi connectivity index (χ4n) is 3.23. The Bertz CT molecular complexity index is 347. The zero-order valence-corrected chi connectivity index (χ0v) is 11.4. The van der Waals surface area contributed by atoms with Crippen LogP contribution in [0.4, 0.5) is 13.2 Å². The van der Waals surface area contributed by atoms with Crippen molar-refractivity contribution in [3.05, 3.63) is 0 Å². The molecule has 7 heteroatoms. The quantitative estimate of drug-likeness (QED) is 0.848. The van der Waals surface area contributed by atoms with E-state index in [0.717, 1.165) is 24.3 Å². The first-order valence-electron chi connectivity index (χ1n) is 7.11. The molecule has 116 valence electrons. The van der Waals surface area contributed by atoms with E-state index in [2.05, 4.69) is 0 Å². The Kier molecular flexibility index (Phi) is 4.90. The number of nitrogens with zero attached hydrogens (tertiary/aromatic N) is 2. The molecule has 2 atom stereocenters. The Morgan fingerprint density at radius 3 is 2.65 bits per heavy atom. The summed E-state index contributed by atoms with van der Waals surface area (Å²) in [5.74, 6) is -0.0508. The van der Waals surface area contributed by atoms with Crippen molar-refractivity contribution in [2.24, 2.45) is 5.92 Å². The first kappa shape index (κ1) is 15.6. The second kappa shape index (κ2) is 6.30. The molecule has 2 fully saturated rings. The maximum absolute atomic E-state index is 12.4. The molecule has 2 aliphatic rings. The van der Waals surface area contributed by atoms with Crippen LogP contribution >= 0.6 is 0 Å². The highest BCUT2D eigenvalue weighted by atomic mass is 19.4. The number of piperidine rings is 1. The number of carbonyl (C=O) groups is 1. The van der Waals surface area contributed by atoms with E-state index in [-0.39, 0.29) is 13.2 Å². The average Bonchev–Trinajstić information content (AvgIpc) is 2.70. The molecule has 1 amide bonds. The van der Waals surface area contributed by atoms with Crippen LogP contribution in [-0.4, -0.2) is 65.8 Å². The van der Waals surface area contributed by atoms with E-state index < -0.39 is 24.7 Å². The molecule has 0 aromatic rings. The van der Waals surface area contributed by atoms with Gasteiger partial charge in [-0.05, 0) is 38.1 Å². The maximum atomic E-state index is 12.4. The Labute approximate surface area is 116 Å². The molecule has 0 aliphatic carbocycles. The van der Waals surface area contributed by atoms with Gasteiger partial charge in [-0.25, -0.2) is 0 Å². The smallest absolute Gasteiger partial charge is 0.396 e. The monoisotopic (exact) mass is 294 g/mol. The Morgan fingerprint density at radius 1 is 1.25 bits per heavy atom. The molecule has 4 nitrogen and oxygen atoms in total. The first-order chi connectivity index (χ1) is 9.40. The molecule has 0 aromatic heterocycles. The molecule has 0 saturated carbocycles. The van der Waals surface area contributed by atoms with Gasteiger partial charge in [0, 0.05) is 19.7 Å². The van der Waals surface area contributed by atoms with Crippen molar-refractivity contribution < 1.29 is 23.1 Å². The van der Waals surface area contributed by atoms with Crippen LogP contribution in [0.5, 0.6) is 0 Å². The number of likely N-dealkylation sites (tertiary alicyclic amines) is 2. The first-order valence-corrected chi connectivity index (χ1v) is 7.11. The van der Waals surface area contributed by atoms with Crippen LogP contribution in [0.2, 0.25) is 0 Å². The van der Waals surface area contributed by atoms with E-state index in [1.54, 1.807) is 0 Å². The van der Waals surface area contributed by atoms with Crippen molar-refractivity contribution in [2.45, 2.75) is 37.9 Å². The Hall–Kier alpha value is -0.820. The molecule has 2 rings (SSSR count). The van der Waals surface area contributed by atoms with E-state index in [1.807, 2.05) is 4.90 Å². The molecule has 0 radical (unpaired) electrons. The molecule has 20 heavy (non-hydrogen) atoms. The van der Waals surface area contributed by atoms with Crippen molar-refractivity contribution in [1.29, 1.82) is 0 Å². The van der Waals surface area contributed by atoms with Crippen molar-refractivity contribution in [3.8, 4) is 0 Å². The number of rotatable bonds is 4. The summed E-state index contributed by atoms with van der Waals surface area (Å²) in [6, 6.07) is -0.404. The summed E-state index contributed by atoms with van der Waals surface area (Å²) in [6.45, 7) is 0.632. The number of amides is 1. The topological polar surface area (TPSA) is 43.8 Å². The van der Waals surface area contributed by atoms with E-state index in [0.29, 0.717) is 25.3 Å². The van der Waals surface area contributed by atoms with Crippen molar-refractivity contribution >= 4 is 5.91 Å². The Balaban J connectivity index is 1.91. The van der Waals surface area contributed by atoms with Gasteiger partial charge in [-0.3, -0.25) is 9.69 Å². The highest BCUT2D eigenvalue weighted by Crippen LogP contribution is 2.27. The minimum Gasteiger partial charge on any atom is -0.396 e. The van der Waals surface area contributed by atoms with Gasteiger partial charge < -0.3 is 10.0 Å². The molecular weight excluding hydrogens is 273 g/mol. The van der Waals surface area contributed by atoms with Crippen molar-refractivity contribution in [3.63, 3.8) is 0 Å². The molecule has 2 aliphatic heterocycles. The summed E-state index contributed by atoms with van der Waals surface area (Å²) in [5.41, 5.74) is 0. The fraction of sp³-hybridized carbons (Fsp3) is 0.923. The lowest BCUT2D eigenvalue weighted by Crippen LogP contribution is -2.47. The minimum absolute atomic E-state index is 0.122. The zero-order chi connectivity index (χ0) is 14.8. The van der Waals surface area contributed by atoms with Crippen LogP contribution in [0.1, 0.15) is 25.7 Å². The molecule has 0 bridgehead atoms. The van der Waals surface area contributed by atoms with Gasteiger partial charge in [-0.15, -0.1) is 0 Å². The molecule has 2 heterocycles. The molecule has 0 aromatic carbocycles. The lowest BCUT2D eigenvalue weighted by molar-refractivity contribution is -0.159. The van der Waals surface area contributed by atoms with Crippen LogP contribution in [-0.2, 0) is 4.79 Å². The predicted molar refractivity (Wildman–Crippen MR) is 67.0 cm³/mol. The highest BCUT2D eigenvalue weighted by Gasteiger charge is 2.42. The van der Waals surface area contributed by atoms with Crippen LogP contribution < -0.4 is 0 Å². The summed E-state index contributed by atoms with van der Waals surface area (Å²) in [7, 11) is 0. The van der Waals surface area contributed by atoms with Gasteiger partial charge in [0.2, 0.25) is 5.91 Å². The minimum atomic E-state index is -4.33. The van der Waals surface area contributed by atoms with Crippen molar-refractivity contribution in [2.75, 3.05) is 32.8 Å². The standard InChI is InChI=1S/C13H21F3N2O2/c14-13(15,16)9-18-6-3-11(12(18)20)17-5-1-2-10(8-17)4-7-19/h10-11,19H,1-9H2/t10-,11+/m0/s1. The second-order valence-electron chi connectivity index (χ2n) is 5.69. The van der Waals surface area contributed by atoms with E-state index in [1.165, 1.54) is 0 Å². The molecule has 1 N–H and O–H groups in total. The third kappa shape index (κ3) is 3.85. The molecule has 0 spiro atoms. The second-order valence-corrected chi connectivity index (χ2v) is 5.69. The van der Waals surface area contributed by atoms with Gasteiger partial charge >= 0.3 is 6.18 Å². The summed E-state index contributed by atoms with van der Waals surface area (Å²) < 4.78 is 37.1. The molecule has 2 saturated heterocycles. The maximum Gasteiger partial charge on any atom is 0.406 e. The van der Waals surface area contributed by atoms with Crippen molar-refractivity contribution in [1.82, 2.24) is 9.80 Å². The third-order valence-electron chi connectivity index (χ3n) is 4.17.